The molecule has 1 amide bonds. The van der Waals surface area contributed by atoms with Crippen molar-refractivity contribution in [2.75, 3.05) is 11.2 Å². The molecule has 0 aliphatic carbocycles. The summed E-state index contributed by atoms with van der Waals surface area (Å²) >= 11 is 5.32. The zero-order chi connectivity index (χ0) is 10.7. The Hall–Kier alpha value is -1.75. The van der Waals surface area contributed by atoms with E-state index in [1.165, 1.54) is 6.26 Å². The maximum Gasteiger partial charge on any atom is 0.240 e. The molecule has 78 valence electrons. The molecule has 0 unspecified atom stereocenters. The molecule has 0 spiro atoms. The molecular formula is C9H7ClN2O3. The van der Waals surface area contributed by atoms with Crippen molar-refractivity contribution in [2.24, 2.45) is 0 Å². The van der Waals surface area contributed by atoms with Crippen LogP contribution in [0.3, 0.4) is 0 Å². The number of halogens is 1. The van der Waals surface area contributed by atoms with Gasteiger partial charge in [-0.05, 0) is 12.1 Å². The number of anilines is 1. The smallest absolute Gasteiger partial charge is 0.240 e. The Morgan fingerprint density at radius 1 is 1.53 bits per heavy atom. The van der Waals surface area contributed by atoms with Crippen LogP contribution in [0, 0.1) is 0 Å². The average molecular weight is 227 g/mol. The second kappa shape index (κ2) is 4.18. The summed E-state index contributed by atoms with van der Waals surface area (Å²) in [7, 11) is 0. The van der Waals surface area contributed by atoms with Gasteiger partial charge in [0.25, 0.3) is 0 Å². The van der Waals surface area contributed by atoms with Crippen LogP contribution < -0.4 is 5.32 Å². The topological polar surface area (TPSA) is 68.3 Å². The van der Waals surface area contributed by atoms with Gasteiger partial charge in [-0.2, -0.15) is 0 Å². The number of amides is 1. The lowest BCUT2D eigenvalue weighted by atomic mass is 10.3. The van der Waals surface area contributed by atoms with E-state index in [2.05, 4.69) is 10.5 Å². The van der Waals surface area contributed by atoms with Crippen molar-refractivity contribution in [3.63, 3.8) is 0 Å². The third kappa shape index (κ3) is 2.19. The maximum absolute atomic E-state index is 10.9. The van der Waals surface area contributed by atoms with Gasteiger partial charge in [0.2, 0.25) is 11.7 Å². The number of hydrogen-bond donors (Lipinski definition) is 1. The quantitative estimate of drug-likeness (QED) is 0.814. The standard InChI is InChI=1S/C9H7ClN2O3/c10-5-9(13)11-8-4-7(15-12-8)6-2-1-3-14-6/h1-4H,5H2,(H,11,12,13). The summed E-state index contributed by atoms with van der Waals surface area (Å²) in [5.74, 6) is 0.852. The van der Waals surface area contributed by atoms with Gasteiger partial charge in [0, 0.05) is 6.07 Å². The molecule has 15 heavy (non-hydrogen) atoms. The molecule has 0 aromatic carbocycles. The van der Waals surface area contributed by atoms with Crippen LogP contribution in [0.5, 0.6) is 0 Å². The summed E-state index contributed by atoms with van der Waals surface area (Å²) in [6, 6.07) is 5.02. The van der Waals surface area contributed by atoms with E-state index in [-0.39, 0.29) is 11.8 Å². The highest BCUT2D eigenvalue weighted by molar-refractivity contribution is 6.29. The number of nitrogens with one attached hydrogen (secondary N) is 1. The molecule has 1 N–H and O–H groups in total. The number of carbonyl (C=O) groups excluding carboxylic acids is 1. The van der Waals surface area contributed by atoms with E-state index in [1.807, 2.05) is 0 Å². The minimum atomic E-state index is -0.337. The summed E-state index contributed by atoms with van der Waals surface area (Å²) < 4.78 is 10.0. The zero-order valence-corrected chi connectivity index (χ0v) is 8.32. The van der Waals surface area contributed by atoms with Gasteiger partial charge in [-0.1, -0.05) is 5.16 Å². The number of aromatic nitrogens is 1. The van der Waals surface area contributed by atoms with Crippen LogP contribution in [0.4, 0.5) is 5.82 Å². The number of nitrogens with zero attached hydrogens (tertiary/aromatic N) is 1. The summed E-state index contributed by atoms with van der Waals surface area (Å²) in [5.41, 5.74) is 0. The Morgan fingerprint density at radius 2 is 2.40 bits per heavy atom. The van der Waals surface area contributed by atoms with Crippen molar-refractivity contribution in [3.8, 4) is 11.5 Å². The van der Waals surface area contributed by atoms with Gasteiger partial charge in [0.15, 0.2) is 11.6 Å². The van der Waals surface area contributed by atoms with Crippen molar-refractivity contribution in [1.82, 2.24) is 5.16 Å². The first-order valence-corrected chi connectivity index (χ1v) is 4.69. The fourth-order valence-corrected chi connectivity index (χ4v) is 1.11. The van der Waals surface area contributed by atoms with E-state index < -0.39 is 0 Å². The Balaban J connectivity index is 2.14. The highest BCUT2D eigenvalue weighted by Crippen LogP contribution is 2.22. The largest absolute Gasteiger partial charge is 0.461 e. The van der Waals surface area contributed by atoms with Gasteiger partial charge in [-0.15, -0.1) is 11.6 Å². The van der Waals surface area contributed by atoms with Crippen molar-refractivity contribution in [3.05, 3.63) is 24.5 Å². The number of furan rings is 1. The molecule has 0 aliphatic heterocycles. The second-order valence-corrected chi connectivity index (χ2v) is 3.00. The zero-order valence-electron chi connectivity index (χ0n) is 7.57. The molecule has 2 aromatic rings. The molecule has 5 nitrogen and oxygen atoms in total. The molecule has 0 saturated carbocycles. The van der Waals surface area contributed by atoms with Crippen molar-refractivity contribution < 1.29 is 13.7 Å². The van der Waals surface area contributed by atoms with Gasteiger partial charge in [0.1, 0.15) is 5.88 Å². The molecular weight excluding hydrogens is 220 g/mol. The Labute approximate surface area is 90.0 Å². The Morgan fingerprint density at radius 3 is 3.07 bits per heavy atom. The summed E-state index contributed by atoms with van der Waals surface area (Å²) in [4.78, 5) is 10.9. The number of hydrogen-bond acceptors (Lipinski definition) is 4. The summed E-state index contributed by atoms with van der Waals surface area (Å²) in [6.07, 6.45) is 1.52. The van der Waals surface area contributed by atoms with E-state index in [0.29, 0.717) is 17.3 Å². The minimum absolute atomic E-state index is 0.122. The van der Waals surface area contributed by atoms with Crippen LogP contribution >= 0.6 is 11.6 Å². The SMILES string of the molecule is O=C(CCl)Nc1cc(-c2ccco2)on1. The second-order valence-electron chi connectivity index (χ2n) is 2.74. The van der Waals surface area contributed by atoms with Crippen LogP contribution in [0.15, 0.2) is 33.4 Å². The van der Waals surface area contributed by atoms with Gasteiger partial charge in [-0.3, -0.25) is 4.79 Å². The first-order valence-electron chi connectivity index (χ1n) is 4.16. The van der Waals surface area contributed by atoms with E-state index >= 15 is 0 Å². The van der Waals surface area contributed by atoms with E-state index in [4.69, 9.17) is 20.5 Å². The lowest BCUT2D eigenvalue weighted by Gasteiger charge is -1.93. The van der Waals surface area contributed by atoms with Gasteiger partial charge < -0.3 is 14.3 Å². The van der Waals surface area contributed by atoms with Crippen LogP contribution in [0.1, 0.15) is 0 Å². The third-order valence-corrected chi connectivity index (χ3v) is 1.91. The predicted octanol–water partition coefficient (Wildman–Crippen LogP) is 2.11. The molecule has 0 saturated heterocycles. The van der Waals surface area contributed by atoms with Crippen LogP contribution in [-0.2, 0) is 4.79 Å². The van der Waals surface area contributed by atoms with Crippen molar-refractivity contribution in [2.45, 2.75) is 0 Å². The molecule has 0 fully saturated rings. The fraction of sp³-hybridized carbons (Fsp3) is 0.111. The van der Waals surface area contributed by atoms with Crippen LogP contribution in [0.25, 0.3) is 11.5 Å². The highest BCUT2D eigenvalue weighted by Gasteiger charge is 2.10. The molecule has 0 bridgehead atoms. The van der Waals surface area contributed by atoms with E-state index in [9.17, 15) is 4.79 Å². The lowest BCUT2D eigenvalue weighted by Crippen LogP contribution is -2.12. The van der Waals surface area contributed by atoms with Gasteiger partial charge in [-0.25, -0.2) is 0 Å². The van der Waals surface area contributed by atoms with Gasteiger partial charge in [0.05, 0.1) is 6.26 Å². The first-order chi connectivity index (χ1) is 7.29. The first kappa shape index (κ1) is 9.79. The number of rotatable bonds is 3. The van der Waals surface area contributed by atoms with Gasteiger partial charge >= 0.3 is 0 Å². The van der Waals surface area contributed by atoms with Crippen molar-refractivity contribution >= 4 is 23.3 Å². The molecule has 2 aromatic heterocycles. The normalized spacial score (nSPS) is 10.2. The summed E-state index contributed by atoms with van der Waals surface area (Å²) in [5, 5.41) is 6.09. The Kier molecular flexibility index (Phi) is 2.73. The highest BCUT2D eigenvalue weighted by atomic mass is 35.5. The average Bonchev–Trinajstić information content (AvgIpc) is 2.85. The lowest BCUT2D eigenvalue weighted by molar-refractivity contribution is -0.114. The third-order valence-electron chi connectivity index (χ3n) is 1.66. The van der Waals surface area contributed by atoms with E-state index in [0.717, 1.165) is 0 Å². The molecule has 2 heterocycles. The minimum Gasteiger partial charge on any atom is -0.461 e. The summed E-state index contributed by atoms with van der Waals surface area (Å²) in [6.45, 7) is 0. The molecule has 2 rings (SSSR count). The van der Waals surface area contributed by atoms with Crippen molar-refractivity contribution in [1.29, 1.82) is 0 Å². The van der Waals surface area contributed by atoms with E-state index in [1.54, 1.807) is 18.2 Å². The molecule has 0 atom stereocenters. The predicted molar refractivity (Wildman–Crippen MR) is 53.6 cm³/mol. The van der Waals surface area contributed by atoms with Crippen LogP contribution in [-0.4, -0.2) is 16.9 Å². The molecule has 0 radical (unpaired) electrons. The maximum atomic E-state index is 10.9. The monoisotopic (exact) mass is 226 g/mol. The number of alkyl halides is 1. The number of carbonyl (C=O) groups is 1. The molecule has 6 heteroatoms. The Bertz CT molecular complexity index is 450. The van der Waals surface area contributed by atoms with Crippen LogP contribution in [0.2, 0.25) is 0 Å². The molecule has 0 aliphatic rings. The fourth-order valence-electron chi connectivity index (χ4n) is 1.05.